The molecule has 358 valence electrons. The molecular formula is C70H46N4O2. The van der Waals surface area contributed by atoms with Crippen molar-refractivity contribution in [1.29, 1.82) is 0 Å². The van der Waals surface area contributed by atoms with Crippen molar-refractivity contribution in [1.82, 2.24) is 9.13 Å². The van der Waals surface area contributed by atoms with Crippen molar-refractivity contribution in [3.8, 4) is 5.69 Å². The molecule has 1 unspecified atom stereocenters. The molecular weight excluding hydrogens is 929 g/mol. The minimum absolute atomic E-state index is 0.264. The lowest BCUT2D eigenvalue weighted by atomic mass is 10.0. The molecule has 15 aromatic rings. The third kappa shape index (κ3) is 6.60. The predicted molar refractivity (Wildman–Crippen MR) is 317 cm³/mol. The minimum Gasteiger partial charge on any atom is -0.456 e. The first-order valence-electron chi connectivity index (χ1n) is 26.1. The first-order valence-corrected chi connectivity index (χ1v) is 26.1. The highest BCUT2D eigenvalue weighted by Crippen LogP contribution is 2.45. The van der Waals surface area contributed by atoms with E-state index < -0.39 is 0 Å². The van der Waals surface area contributed by atoms with Crippen LogP contribution in [-0.2, 0) is 0 Å². The number of para-hydroxylation sites is 5. The molecule has 0 amide bonds. The van der Waals surface area contributed by atoms with E-state index in [1.807, 2.05) is 0 Å². The van der Waals surface area contributed by atoms with Gasteiger partial charge in [0.2, 0.25) is 0 Å². The molecule has 0 spiro atoms. The van der Waals surface area contributed by atoms with Crippen molar-refractivity contribution in [2.45, 2.75) is 12.5 Å². The van der Waals surface area contributed by atoms with Crippen molar-refractivity contribution in [3.05, 3.63) is 261 Å². The molecule has 76 heavy (non-hydrogen) atoms. The topological polar surface area (TPSA) is 42.6 Å². The molecule has 16 rings (SSSR count). The Morgan fingerprint density at radius 2 is 0.776 bits per heavy atom. The summed E-state index contributed by atoms with van der Waals surface area (Å²) in [6, 6.07) is 85.4. The molecule has 0 radical (unpaired) electrons. The fourth-order valence-electron chi connectivity index (χ4n) is 12.3. The van der Waals surface area contributed by atoms with Gasteiger partial charge in [-0.15, -0.1) is 0 Å². The number of hydrogen-bond donors (Lipinski definition) is 0. The largest absolute Gasteiger partial charge is 0.456 e. The maximum absolute atomic E-state index is 6.83. The first-order chi connectivity index (χ1) is 37.7. The Labute approximate surface area is 437 Å². The molecule has 4 aromatic heterocycles. The van der Waals surface area contributed by atoms with Gasteiger partial charge in [0.1, 0.15) is 22.3 Å². The fraction of sp³-hybridized carbons (Fsp3) is 0.0286. The quantitative estimate of drug-likeness (QED) is 0.152. The zero-order chi connectivity index (χ0) is 49.8. The third-order valence-electron chi connectivity index (χ3n) is 15.7. The van der Waals surface area contributed by atoms with Crippen LogP contribution in [0.4, 0.5) is 34.1 Å². The summed E-state index contributed by atoms with van der Waals surface area (Å²) in [5.41, 5.74) is 15.7. The van der Waals surface area contributed by atoms with Gasteiger partial charge in [-0.2, -0.15) is 0 Å². The van der Waals surface area contributed by atoms with Gasteiger partial charge in [0.25, 0.3) is 0 Å². The van der Waals surface area contributed by atoms with Gasteiger partial charge < -0.3 is 27.8 Å². The average molecular weight is 975 g/mol. The van der Waals surface area contributed by atoms with Crippen LogP contribution in [0, 0.1) is 0 Å². The summed E-state index contributed by atoms with van der Waals surface area (Å²) in [4.78, 5) is 4.67. The van der Waals surface area contributed by atoms with E-state index >= 15 is 0 Å². The Bertz CT molecular complexity index is 4870. The molecule has 0 saturated carbocycles. The number of benzene rings is 11. The third-order valence-corrected chi connectivity index (χ3v) is 15.7. The van der Waals surface area contributed by atoms with Crippen molar-refractivity contribution < 1.29 is 8.83 Å². The molecule has 4 heterocycles. The molecule has 0 aliphatic heterocycles. The Morgan fingerprint density at radius 3 is 1.36 bits per heavy atom. The van der Waals surface area contributed by atoms with Gasteiger partial charge in [0, 0.05) is 106 Å². The predicted octanol–water partition coefficient (Wildman–Crippen LogP) is 19.8. The Hall–Kier alpha value is -10.0. The van der Waals surface area contributed by atoms with Gasteiger partial charge in [0.05, 0.1) is 17.1 Å². The van der Waals surface area contributed by atoms with E-state index in [0.29, 0.717) is 0 Å². The van der Waals surface area contributed by atoms with E-state index in [1.165, 1.54) is 43.6 Å². The number of hydrogen-bond acceptors (Lipinski definition) is 4. The van der Waals surface area contributed by atoms with Gasteiger partial charge in [-0.25, -0.2) is 0 Å². The average Bonchev–Trinajstić information content (AvgIpc) is 4.28. The van der Waals surface area contributed by atoms with Gasteiger partial charge >= 0.3 is 0 Å². The van der Waals surface area contributed by atoms with Crippen LogP contribution in [0.15, 0.2) is 270 Å². The molecule has 0 N–H and O–H groups in total. The molecule has 6 nitrogen and oxygen atoms in total. The second kappa shape index (κ2) is 16.7. The van der Waals surface area contributed by atoms with Crippen LogP contribution >= 0.6 is 0 Å². The standard InChI is InChI=1S/C70H46N4O2/c1-5-17-47(18-6-1)71(51-31-35-65-59(41-51)55-25-13-15-27-63(55)73(65)49-21-9-3-10-22-49)53-29-33-57-61-37-45-40-68-62(38-46(45)39-67(61)75-69(57)43-53)58-34-30-54(44-70(58)76-68)72(48-19-7-2-8-20-48)52-32-36-66-60(42-52)56-26-14-16-28-64(56)74(66)50-23-11-4-12-24-50/h1-23,25-44,50H,24H2. The van der Waals surface area contributed by atoms with E-state index in [4.69, 9.17) is 8.83 Å². The fourth-order valence-corrected chi connectivity index (χ4v) is 12.3. The number of nitrogens with zero attached hydrogens (tertiary/aromatic N) is 4. The summed E-state index contributed by atoms with van der Waals surface area (Å²) in [6.45, 7) is 0. The highest BCUT2D eigenvalue weighted by atomic mass is 16.3. The Kier molecular flexibility index (Phi) is 9.36. The van der Waals surface area contributed by atoms with Gasteiger partial charge in [-0.05, 0) is 151 Å². The first kappa shape index (κ1) is 42.5. The van der Waals surface area contributed by atoms with E-state index in [9.17, 15) is 0 Å². The van der Waals surface area contributed by atoms with E-state index in [2.05, 4.69) is 280 Å². The lowest BCUT2D eigenvalue weighted by Crippen LogP contribution is -2.10. The van der Waals surface area contributed by atoms with Crippen molar-refractivity contribution in [2.75, 3.05) is 9.80 Å². The summed E-state index contributed by atoms with van der Waals surface area (Å²) in [6.07, 6.45) is 9.85. The Morgan fingerprint density at radius 1 is 0.329 bits per heavy atom. The second-order valence-electron chi connectivity index (χ2n) is 20.0. The van der Waals surface area contributed by atoms with Gasteiger partial charge in [0.15, 0.2) is 0 Å². The smallest absolute Gasteiger partial charge is 0.137 e. The number of fused-ring (bicyclic) bond motifs is 13. The number of rotatable bonds is 8. The van der Waals surface area contributed by atoms with Gasteiger partial charge in [-0.1, -0.05) is 115 Å². The number of anilines is 6. The number of aromatic nitrogens is 2. The van der Waals surface area contributed by atoms with Gasteiger partial charge in [-0.3, -0.25) is 0 Å². The summed E-state index contributed by atoms with van der Waals surface area (Å²) in [5, 5.41) is 11.4. The highest BCUT2D eigenvalue weighted by Gasteiger charge is 2.23. The summed E-state index contributed by atoms with van der Waals surface area (Å²) < 4.78 is 18.5. The monoisotopic (exact) mass is 974 g/mol. The SMILES string of the molecule is C1=CCC(n2c3ccccc3c3cc(N(c4ccccc4)c4ccc5c(c4)oc4cc6cc7c(cc6cc45)oc4cc(N(c5ccccc5)c5ccc6c(c5)c5ccccc5n6-c5ccccc5)ccc47)ccc32)C=C1. The van der Waals surface area contributed by atoms with Crippen LogP contribution in [0.2, 0.25) is 0 Å². The van der Waals surface area contributed by atoms with E-state index in [1.54, 1.807) is 0 Å². The maximum Gasteiger partial charge on any atom is 0.137 e. The zero-order valence-corrected chi connectivity index (χ0v) is 41.2. The molecule has 1 aliphatic carbocycles. The van der Waals surface area contributed by atoms with Crippen LogP contribution in [-0.4, -0.2) is 9.13 Å². The summed E-state index contributed by atoms with van der Waals surface area (Å²) >= 11 is 0. The molecule has 11 aromatic carbocycles. The molecule has 1 atom stereocenters. The van der Waals surface area contributed by atoms with Crippen LogP contribution in [0.3, 0.4) is 0 Å². The lowest BCUT2D eigenvalue weighted by molar-refractivity contribution is 0.648. The van der Waals surface area contributed by atoms with Crippen molar-refractivity contribution >= 4 is 132 Å². The normalized spacial score (nSPS) is 13.8. The summed E-state index contributed by atoms with van der Waals surface area (Å²) in [5.74, 6) is 0. The van der Waals surface area contributed by atoms with Crippen LogP contribution in [0.1, 0.15) is 12.5 Å². The lowest BCUT2D eigenvalue weighted by Gasteiger charge is -2.26. The zero-order valence-electron chi connectivity index (χ0n) is 41.2. The molecule has 1 aliphatic rings. The maximum atomic E-state index is 6.83. The Balaban J connectivity index is 0.781. The van der Waals surface area contributed by atoms with E-state index in [-0.39, 0.29) is 6.04 Å². The molecule has 0 fully saturated rings. The van der Waals surface area contributed by atoms with Crippen LogP contribution in [0.25, 0.3) is 104 Å². The minimum atomic E-state index is 0.264. The van der Waals surface area contributed by atoms with Crippen LogP contribution < -0.4 is 9.80 Å². The van der Waals surface area contributed by atoms with Crippen molar-refractivity contribution in [3.63, 3.8) is 0 Å². The van der Waals surface area contributed by atoms with Crippen LogP contribution in [0.5, 0.6) is 0 Å². The number of furan rings is 2. The highest BCUT2D eigenvalue weighted by molar-refractivity contribution is 6.17. The van der Waals surface area contributed by atoms with E-state index in [0.717, 1.165) is 101 Å². The molecule has 6 heteroatoms. The molecule has 0 bridgehead atoms. The number of allylic oxidation sites excluding steroid dienone is 4. The second-order valence-corrected chi connectivity index (χ2v) is 20.0. The van der Waals surface area contributed by atoms with Crippen molar-refractivity contribution in [2.24, 2.45) is 0 Å². The molecule has 0 saturated heterocycles. The summed E-state index contributed by atoms with van der Waals surface area (Å²) in [7, 11) is 0.